The van der Waals surface area contributed by atoms with E-state index in [4.69, 9.17) is 9.57 Å². The molecule has 1 fully saturated rings. The molecule has 0 bridgehead atoms. The lowest BCUT2D eigenvalue weighted by molar-refractivity contribution is -0.118. The second-order valence-electron chi connectivity index (χ2n) is 7.07. The van der Waals surface area contributed by atoms with Crippen molar-refractivity contribution in [3.8, 4) is 16.9 Å². The van der Waals surface area contributed by atoms with E-state index in [9.17, 15) is 13.5 Å². The number of methoxy groups -OCH3 is 1. The predicted octanol–water partition coefficient (Wildman–Crippen LogP) is 2.48. The third-order valence-electron chi connectivity index (χ3n) is 4.72. The highest BCUT2D eigenvalue weighted by atomic mass is 32.2. The number of aliphatic hydroxyl groups is 1. The molecule has 0 aliphatic carbocycles. The van der Waals surface area contributed by atoms with Crippen LogP contribution in [0.15, 0.2) is 42.5 Å². The zero-order chi connectivity index (χ0) is 20.3. The third kappa shape index (κ3) is 5.02. The first kappa shape index (κ1) is 20.6. The van der Waals surface area contributed by atoms with Gasteiger partial charge in [0.2, 0.25) is 10.0 Å². The number of para-hydroxylation sites is 1. The van der Waals surface area contributed by atoms with Gasteiger partial charge in [-0.2, -0.15) is 5.06 Å². The van der Waals surface area contributed by atoms with Crippen molar-refractivity contribution < 1.29 is 23.1 Å². The van der Waals surface area contributed by atoms with Crippen LogP contribution < -0.4 is 9.46 Å². The Hall–Kier alpha value is -2.13. The van der Waals surface area contributed by atoms with Crippen LogP contribution >= 0.6 is 0 Å². The lowest BCUT2D eigenvalue weighted by Crippen LogP contribution is -2.24. The van der Waals surface area contributed by atoms with Crippen molar-refractivity contribution in [2.75, 3.05) is 31.2 Å². The molecule has 1 aliphatic rings. The fraction of sp³-hybridized carbons (Fsp3) is 0.400. The average Bonchev–Trinajstić information content (AvgIpc) is 3.09. The number of rotatable bonds is 7. The molecule has 2 aromatic rings. The molecular weight excluding hydrogens is 380 g/mol. The maximum Gasteiger partial charge on any atom is 0.229 e. The van der Waals surface area contributed by atoms with E-state index in [-0.39, 0.29) is 5.92 Å². The molecule has 2 atom stereocenters. The molecular formula is C20H26N2O5S. The quantitative estimate of drug-likeness (QED) is 0.735. The van der Waals surface area contributed by atoms with Crippen molar-refractivity contribution in [2.45, 2.75) is 19.6 Å². The SMILES string of the molecule is COc1c(CN2C[C@@H]([C@H](C)O)CO2)cccc1-c1cccc(NS(C)(=O)=O)c1. The van der Waals surface area contributed by atoms with Gasteiger partial charge in [0.05, 0.1) is 32.6 Å². The Bertz CT molecular complexity index is 930. The van der Waals surface area contributed by atoms with Gasteiger partial charge in [-0.25, -0.2) is 8.42 Å². The summed E-state index contributed by atoms with van der Waals surface area (Å²) in [5.41, 5.74) is 3.16. The lowest BCUT2D eigenvalue weighted by Gasteiger charge is -2.19. The molecule has 2 N–H and O–H groups in total. The number of benzene rings is 2. The van der Waals surface area contributed by atoms with Gasteiger partial charge in [0.15, 0.2) is 0 Å². The first-order valence-electron chi connectivity index (χ1n) is 9.07. The molecule has 0 unspecified atom stereocenters. The minimum Gasteiger partial charge on any atom is -0.496 e. The highest BCUT2D eigenvalue weighted by Gasteiger charge is 2.28. The maximum absolute atomic E-state index is 11.5. The molecule has 0 spiro atoms. The van der Waals surface area contributed by atoms with Crippen LogP contribution in [-0.2, 0) is 21.4 Å². The Morgan fingerprint density at radius 3 is 2.71 bits per heavy atom. The van der Waals surface area contributed by atoms with Crippen LogP contribution in [0.2, 0.25) is 0 Å². The lowest BCUT2D eigenvalue weighted by atomic mass is 10.0. The van der Waals surface area contributed by atoms with Gasteiger partial charge in [-0.05, 0) is 24.6 Å². The van der Waals surface area contributed by atoms with Crippen molar-refractivity contribution in [3.05, 3.63) is 48.0 Å². The van der Waals surface area contributed by atoms with Crippen LogP contribution in [-0.4, -0.2) is 51.2 Å². The van der Waals surface area contributed by atoms with Gasteiger partial charge >= 0.3 is 0 Å². The van der Waals surface area contributed by atoms with Gasteiger partial charge in [0.1, 0.15) is 5.75 Å². The normalized spacial score (nSPS) is 18.8. The molecule has 28 heavy (non-hydrogen) atoms. The Kier molecular flexibility index (Phi) is 6.24. The number of hydrogen-bond acceptors (Lipinski definition) is 6. The summed E-state index contributed by atoms with van der Waals surface area (Å²) in [4.78, 5) is 5.69. The van der Waals surface area contributed by atoms with E-state index in [2.05, 4.69) is 4.72 Å². The molecule has 1 heterocycles. The van der Waals surface area contributed by atoms with Crippen LogP contribution in [0.3, 0.4) is 0 Å². The Morgan fingerprint density at radius 2 is 2.07 bits per heavy atom. The fourth-order valence-corrected chi connectivity index (χ4v) is 3.86. The highest BCUT2D eigenvalue weighted by Crippen LogP contribution is 2.35. The molecule has 1 aliphatic heterocycles. The minimum atomic E-state index is -3.35. The summed E-state index contributed by atoms with van der Waals surface area (Å²) in [7, 11) is -1.74. The minimum absolute atomic E-state index is 0.0907. The number of nitrogens with one attached hydrogen (secondary N) is 1. The van der Waals surface area contributed by atoms with Crippen LogP contribution in [0.5, 0.6) is 5.75 Å². The van der Waals surface area contributed by atoms with Gasteiger partial charge in [-0.15, -0.1) is 0 Å². The summed E-state index contributed by atoms with van der Waals surface area (Å²) < 4.78 is 31.2. The van der Waals surface area contributed by atoms with Crippen molar-refractivity contribution in [2.24, 2.45) is 5.92 Å². The van der Waals surface area contributed by atoms with Gasteiger partial charge in [-0.3, -0.25) is 9.56 Å². The van der Waals surface area contributed by atoms with Crippen LogP contribution in [0.1, 0.15) is 12.5 Å². The first-order valence-corrected chi connectivity index (χ1v) is 11.0. The summed E-state index contributed by atoms with van der Waals surface area (Å²) in [6.45, 7) is 3.45. The molecule has 0 aromatic heterocycles. The van der Waals surface area contributed by atoms with E-state index < -0.39 is 16.1 Å². The summed E-state index contributed by atoms with van der Waals surface area (Å²) in [5.74, 6) is 0.802. The largest absolute Gasteiger partial charge is 0.496 e. The molecule has 7 nitrogen and oxygen atoms in total. The average molecular weight is 407 g/mol. The van der Waals surface area contributed by atoms with Crippen molar-refractivity contribution in [1.29, 1.82) is 0 Å². The van der Waals surface area contributed by atoms with Crippen molar-refractivity contribution in [1.82, 2.24) is 5.06 Å². The van der Waals surface area contributed by atoms with E-state index in [0.29, 0.717) is 31.1 Å². The number of ether oxygens (including phenoxy) is 1. The summed E-state index contributed by atoms with van der Waals surface area (Å²) in [5, 5.41) is 11.6. The van der Waals surface area contributed by atoms with Crippen molar-refractivity contribution >= 4 is 15.7 Å². The number of sulfonamides is 1. The molecule has 1 saturated heterocycles. The highest BCUT2D eigenvalue weighted by molar-refractivity contribution is 7.92. The van der Waals surface area contributed by atoms with E-state index in [1.807, 2.05) is 29.3 Å². The fourth-order valence-electron chi connectivity index (χ4n) is 3.30. The van der Waals surface area contributed by atoms with E-state index in [1.54, 1.807) is 32.2 Å². The number of hydrogen-bond donors (Lipinski definition) is 2. The molecule has 3 rings (SSSR count). The summed E-state index contributed by atoms with van der Waals surface area (Å²) in [6.07, 6.45) is 0.709. The van der Waals surface area contributed by atoms with E-state index >= 15 is 0 Å². The zero-order valence-electron chi connectivity index (χ0n) is 16.3. The third-order valence-corrected chi connectivity index (χ3v) is 5.32. The Labute approximate surface area is 165 Å². The first-order chi connectivity index (χ1) is 13.3. The van der Waals surface area contributed by atoms with Crippen LogP contribution in [0.4, 0.5) is 5.69 Å². The molecule has 0 amide bonds. The number of hydroxylamine groups is 2. The van der Waals surface area contributed by atoms with Gasteiger partial charge in [0.25, 0.3) is 0 Å². The number of anilines is 1. The Balaban J connectivity index is 1.87. The molecule has 2 aromatic carbocycles. The van der Waals surface area contributed by atoms with Gasteiger partial charge in [0, 0.05) is 29.3 Å². The molecule has 0 radical (unpaired) electrons. The second kappa shape index (κ2) is 8.48. The molecule has 152 valence electrons. The van der Waals surface area contributed by atoms with E-state index in [0.717, 1.165) is 22.9 Å². The zero-order valence-corrected chi connectivity index (χ0v) is 17.1. The molecule has 0 saturated carbocycles. The number of nitrogens with zero attached hydrogens (tertiary/aromatic N) is 1. The van der Waals surface area contributed by atoms with Crippen LogP contribution in [0, 0.1) is 5.92 Å². The maximum atomic E-state index is 11.5. The standard InChI is InChI=1S/C20H26N2O5S/c1-14(23)17-12-22(27-13-17)11-16-7-5-9-19(20(16)26-2)15-6-4-8-18(10-15)21-28(3,24)25/h4-10,14,17,21,23H,11-13H2,1-3H3/t14-,17+/m0/s1. The van der Waals surface area contributed by atoms with E-state index in [1.165, 1.54) is 0 Å². The van der Waals surface area contributed by atoms with Crippen LogP contribution in [0.25, 0.3) is 11.1 Å². The monoisotopic (exact) mass is 406 g/mol. The summed E-state index contributed by atoms with van der Waals surface area (Å²) >= 11 is 0. The van der Waals surface area contributed by atoms with Gasteiger partial charge in [-0.1, -0.05) is 30.3 Å². The van der Waals surface area contributed by atoms with Crippen molar-refractivity contribution in [3.63, 3.8) is 0 Å². The second-order valence-corrected chi connectivity index (χ2v) is 8.82. The molecule has 8 heteroatoms. The predicted molar refractivity (Wildman–Crippen MR) is 108 cm³/mol. The Morgan fingerprint density at radius 1 is 1.32 bits per heavy atom. The number of aliphatic hydroxyl groups excluding tert-OH is 1. The topological polar surface area (TPSA) is 88.1 Å². The van der Waals surface area contributed by atoms with Gasteiger partial charge < -0.3 is 9.84 Å². The summed E-state index contributed by atoms with van der Waals surface area (Å²) in [6, 6.07) is 13.0. The smallest absolute Gasteiger partial charge is 0.229 e.